The van der Waals surface area contributed by atoms with Gasteiger partial charge in [-0.1, -0.05) is 47.5 Å². The highest BCUT2D eigenvalue weighted by Gasteiger charge is 2.13. The number of rotatable bonds is 5. The van der Waals surface area contributed by atoms with E-state index in [1.165, 1.54) is 7.11 Å². The number of nitrogens with zero attached hydrogens (tertiary/aromatic N) is 1. The second-order valence-corrected chi connectivity index (χ2v) is 6.78. The summed E-state index contributed by atoms with van der Waals surface area (Å²) in [5, 5.41) is 10.1. The van der Waals surface area contributed by atoms with Gasteiger partial charge in [-0.05, 0) is 60.5 Å². The summed E-state index contributed by atoms with van der Waals surface area (Å²) < 4.78 is 10.9. The van der Waals surface area contributed by atoms with Crippen LogP contribution in [0.15, 0.2) is 66.7 Å². The van der Waals surface area contributed by atoms with Gasteiger partial charge < -0.3 is 9.47 Å². The fraction of sp³-hybridized carbons (Fsp3) is 0.0833. The number of carbonyl (C=O) groups excluding carboxylic acids is 1. The summed E-state index contributed by atoms with van der Waals surface area (Å²) >= 11 is 5.91. The van der Waals surface area contributed by atoms with Gasteiger partial charge >= 0.3 is 5.97 Å². The van der Waals surface area contributed by atoms with Crippen LogP contribution in [-0.2, 0) is 0 Å². The molecule has 0 heterocycles. The number of ether oxygens (including phenoxy) is 2. The molecule has 0 aliphatic heterocycles. The van der Waals surface area contributed by atoms with Crippen molar-refractivity contribution in [3.63, 3.8) is 0 Å². The molecule has 3 rings (SSSR count). The van der Waals surface area contributed by atoms with Crippen molar-refractivity contribution in [2.75, 3.05) is 7.11 Å². The van der Waals surface area contributed by atoms with Gasteiger partial charge in [-0.15, -0.1) is 0 Å². The fourth-order valence-corrected chi connectivity index (χ4v) is 2.81. The van der Waals surface area contributed by atoms with Gasteiger partial charge in [0.25, 0.3) is 0 Å². The van der Waals surface area contributed by atoms with Gasteiger partial charge in [0.2, 0.25) is 0 Å². The molecule has 3 aromatic carbocycles. The van der Waals surface area contributed by atoms with E-state index in [1.54, 1.807) is 60.7 Å². The maximum absolute atomic E-state index is 12.4. The van der Waals surface area contributed by atoms with E-state index in [0.29, 0.717) is 27.7 Å². The van der Waals surface area contributed by atoms with Gasteiger partial charge in [0.05, 0.1) is 24.3 Å². The second kappa shape index (κ2) is 9.09. The first kappa shape index (κ1) is 20.2. The molecule has 3 aromatic rings. The molecule has 5 heteroatoms. The minimum Gasteiger partial charge on any atom is -0.493 e. The van der Waals surface area contributed by atoms with Crippen LogP contribution in [0.2, 0.25) is 5.02 Å². The third-order valence-corrected chi connectivity index (χ3v) is 4.52. The molecular weight excluding hydrogens is 386 g/mol. The standard InChI is InChI=1S/C24H18ClNO3/c1-16-3-6-19(7-4-16)24(27)29-22-12-5-17(14-23(22)28-2)13-20(15-26)18-8-10-21(25)11-9-18/h3-14H,1-2H3/b20-13+. The Balaban J connectivity index is 1.86. The molecule has 0 radical (unpaired) electrons. The predicted molar refractivity (Wildman–Crippen MR) is 114 cm³/mol. The lowest BCUT2D eigenvalue weighted by Crippen LogP contribution is -2.09. The summed E-state index contributed by atoms with van der Waals surface area (Å²) in [6, 6.07) is 21.5. The quantitative estimate of drug-likeness (QED) is 0.229. The third-order valence-electron chi connectivity index (χ3n) is 4.26. The largest absolute Gasteiger partial charge is 0.493 e. The lowest BCUT2D eigenvalue weighted by molar-refractivity contribution is 0.0729. The first-order valence-corrected chi connectivity index (χ1v) is 9.22. The van der Waals surface area contributed by atoms with Crippen molar-refractivity contribution in [3.8, 4) is 17.6 Å². The zero-order valence-corrected chi connectivity index (χ0v) is 16.7. The number of halogens is 1. The Morgan fingerprint density at radius 1 is 0.966 bits per heavy atom. The SMILES string of the molecule is COc1cc(/C=C(\C#N)c2ccc(Cl)cc2)ccc1OC(=O)c1ccc(C)cc1. The Morgan fingerprint density at radius 2 is 1.62 bits per heavy atom. The van der Waals surface area contributed by atoms with Crippen LogP contribution in [0.25, 0.3) is 11.6 Å². The summed E-state index contributed by atoms with van der Waals surface area (Å²) in [5.41, 5.74) is 3.49. The van der Waals surface area contributed by atoms with Crippen molar-refractivity contribution in [2.24, 2.45) is 0 Å². The molecular formula is C24H18ClNO3. The second-order valence-electron chi connectivity index (χ2n) is 6.34. The van der Waals surface area contributed by atoms with E-state index in [0.717, 1.165) is 16.7 Å². The van der Waals surface area contributed by atoms with Crippen LogP contribution >= 0.6 is 11.6 Å². The van der Waals surface area contributed by atoms with E-state index < -0.39 is 5.97 Å². The monoisotopic (exact) mass is 403 g/mol. The number of methoxy groups -OCH3 is 1. The van der Waals surface area contributed by atoms with Gasteiger partial charge in [0.1, 0.15) is 0 Å². The number of carbonyl (C=O) groups is 1. The molecule has 0 N–H and O–H groups in total. The van der Waals surface area contributed by atoms with Crippen molar-refractivity contribution in [3.05, 3.63) is 94.0 Å². The Bertz CT molecular complexity index is 1090. The molecule has 0 saturated heterocycles. The number of hydrogen-bond acceptors (Lipinski definition) is 4. The van der Waals surface area contributed by atoms with Crippen molar-refractivity contribution in [1.29, 1.82) is 5.26 Å². The van der Waals surface area contributed by atoms with Crippen molar-refractivity contribution >= 4 is 29.2 Å². The summed E-state index contributed by atoms with van der Waals surface area (Å²) in [6.45, 7) is 1.95. The molecule has 29 heavy (non-hydrogen) atoms. The van der Waals surface area contributed by atoms with Gasteiger partial charge in [0.15, 0.2) is 11.5 Å². The molecule has 0 amide bonds. The van der Waals surface area contributed by atoms with E-state index in [4.69, 9.17) is 21.1 Å². The first-order valence-electron chi connectivity index (χ1n) is 8.85. The zero-order valence-electron chi connectivity index (χ0n) is 16.0. The highest BCUT2D eigenvalue weighted by Crippen LogP contribution is 2.30. The molecule has 144 valence electrons. The lowest BCUT2D eigenvalue weighted by Gasteiger charge is -2.10. The topological polar surface area (TPSA) is 59.3 Å². The van der Waals surface area contributed by atoms with E-state index in [9.17, 15) is 10.1 Å². The van der Waals surface area contributed by atoms with Crippen LogP contribution in [0.3, 0.4) is 0 Å². The number of allylic oxidation sites excluding steroid dienone is 1. The molecule has 4 nitrogen and oxygen atoms in total. The summed E-state index contributed by atoms with van der Waals surface area (Å²) in [4.78, 5) is 12.4. The van der Waals surface area contributed by atoms with E-state index >= 15 is 0 Å². The Morgan fingerprint density at radius 3 is 2.24 bits per heavy atom. The highest BCUT2D eigenvalue weighted by atomic mass is 35.5. The molecule has 0 saturated carbocycles. The number of nitriles is 1. The predicted octanol–water partition coefficient (Wildman–Crippen LogP) is 5.94. The molecule has 0 aliphatic rings. The van der Waals surface area contributed by atoms with Crippen molar-refractivity contribution in [2.45, 2.75) is 6.92 Å². The Labute approximate surface area is 174 Å². The fourth-order valence-electron chi connectivity index (χ4n) is 2.68. The number of hydrogen-bond donors (Lipinski definition) is 0. The molecule has 0 spiro atoms. The Hall–Kier alpha value is -3.55. The van der Waals surface area contributed by atoms with Crippen LogP contribution in [0.5, 0.6) is 11.5 Å². The smallest absolute Gasteiger partial charge is 0.343 e. The zero-order chi connectivity index (χ0) is 20.8. The Kier molecular flexibility index (Phi) is 6.33. The van der Waals surface area contributed by atoms with E-state index in [1.807, 2.05) is 19.1 Å². The molecule has 0 fully saturated rings. The van der Waals surface area contributed by atoms with Crippen LogP contribution in [0.1, 0.15) is 27.0 Å². The minimum atomic E-state index is -0.467. The van der Waals surface area contributed by atoms with Gasteiger partial charge in [-0.25, -0.2) is 4.79 Å². The number of aryl methyl sites for hydroxylation is 1. The van der Waals surface area contributed by atoms with Crippen LogP contribution in [0.4, 0.5) is 0 Å². The molecule has 0 atom stereocenters. The minimum absolute atomic E-state index is 0.306. The van der Waals surface area contributed by atoms with Gasteiger partial charge in [-0.2, -0.15) is 5.26 Å². The average molecular weight is 404 g/mol. The maximum atomic E-state index is 12.4. The van der Waals surface area contributed by atoms with Gasteiger partial charge in [0, 0.05) is 5.02 Å². The normalized spacial score (nSPS) is 10.9. The van der Waals surface area contributed by atoms with Crippen LogP contribution < -0.4 is 9.47 Å². The lowest BCUT2D eigenvalue weighted by atomic mass is 10.0. The molecule has 0 bridgehead atoms. The number of esters is 1. The third kappa shape index (κ3) is 5.04. The van der Waals surface area contributed by atoms with E-state index in [-0.39, 0.29) is 0 Å². The summed E-state index contributed by atoms with van der Waals surface area (Å²) in [7, 11) is 1.50. The molecule has 0 unspecified atom stereocenters. The average Bonchev–Trinajstić information content (AvgIpc) is 2.74. The molecule has 0 aromatic heterocycles. The van der Waals surface area contributed by atoms with Gasteiger partial charge in [-0.3, -0.25) is 0 Å². The summed E-state index contributed by atoms with van der Waals surface area (Å²) in [6.07, 6.45) is 1.73. The van der Waals surface area contributed by atoms with Crippen molar-refractivity contribution in [1.82, 2.24) is 0 Å². The van der Waals surface area contributed by atoms with Crippen LogP contribution in [0, 0.1) is 18.3 Å². The molecule has 0 aliphatic carbocycles. The summed E-state index contributed by atoms with van der Waals surface area (Å²) in [5.74, 6) is 0.235. The highest BCUT2D eigenvalue weighted by molar-refractivity contribution is 6.30. The van der Waals surface area contributed by atoms with Crippen LogP contribution in [-0.4, -0.2) is 13.1 Å². The van der Waals surface area contributed by atoms with Crippen molar-refractivity contribution < 1.29 is 14.3 Å². The van der Waals surface area contributed by atoms with E-state index in [2.05, 4.69) is 6.07 Å². The maximum Gasteiger partial charge on any atom is 0.343 e. The first-order chi connectivity index (χ1) is 14.0. The number of benzene rings is 3.